The standard InChI is InChI=1S/C13H25N3O/c1-5-8-9-11(6-2)13-16-15-12(17-13)10(4)14-7-3/h10-11,14H,5-9H2,1-4H3. The van der Waals surface area contributed by atoms with Crippen LogP contribution in [-0.2, 0) is 0 Å². The Balaban J connectivity index is 2.64. The average Bonchev–Trinajstić information content (AvgIpc) is 2.80. The Bertz CT molecular complexity index is 311. The molecular formula is C13H25N3O. The lowest BCUT2D eigenvalue weighted by molar-refractivity contribution is 0.363. The van der Waals surface area contributed by atoms with E-state index in [0.29, 0.717) is 11.8 Å². The molecule has 4 heteroatoms. The molecule has 0 amide bonds. The van der Waals surface area contributed by atoms with E-state index in [1.807, 2.05) is 6.92 Å². The molecule has 0 aromatic carbocycles. The van der Waals surface area contributed by atoms with Gasteiger partial charge in [0.05, 0.1) is 6.04 Å². The van der Waals surface area contributed by atoms with Crippen LogP contribution in [0.1, 0.15) is 77.1 Å². The van der Waals surface area contributed by atoms with Gasteiger partial charge in [-0.05, 0) is 26.3 Å². The summed E-state index contributed by atoms with van der Waals surface area (Å²) in [6.07, 6.45) is 4.64. The van der Waals surface area contributed by atoms with Crippen molar-refractivity contribution in [1.82, 2.24) is 15.5 Å². The molecule has 0 saturated carbocycles. The van der Waals surface area contributed by atoms with E-state index in [-0.39, 0.29) is 6.04 Å². The summed E-state index contributed by atoms with van der Waals surface area (Å²) in [6, 6.07) is 0.143. The zero-order valence-electron chi connectivity index (χ0n) is 11.5. The van der Waals surface area contributed by atoms with Gasteiger partial charge in [0.15, 0.2) is 0 Å². The minimum atomic E-state index is 0.143. The van der Waals surface area contributed by atoms with Crippen molar-refractivity contribution in [1.29, 1.82) is 0 Å². The molecule has 0 aliphatic carbocycles. The minimum absolute atomic E-state index is 0.143. The molecule has 0 bridgehead atoms. The molecule has 2 atom stereocenters. The molecule has 1 rings (SSSR count). The Morgan fingerprint density at radius 1 is 1.18 bits per heavy atom. The first-order chi connectivity index (χ1) is 8.22. The molecule has 0 saturated heterocycles. The summed E-state index contributed by atoms with van der Waals surface area (Å²) in [6.45, 7) is 9.42. The maximum atomic E-state index is 5.76. The van der Waals surface area contributed by atoms with Crippen molar-refractivity contribution >= 4 is 0 Å². The fourth-order valence-corrected chi connectivity index (χ4v) is 1.93. The fraction of sp³-hybridized carbons (Fsp3) is 0.846. The van der Waals surface area contributed by atoms with Crippen molar-refractivity contribution in [3.63, 3.8) is 0 Å². The van der Waals surface area contributed by atoms with Gasteiger partial charge in [-0.15, -0.1) is 10.2 Å². The predicted octanol–water partition coefficient (Wildman–Crippen LogP) is 3.42. The maximum Gasteiger partial charge on any atom is 0.233 e. The number of nitrogens with one attached hydrogen (secondary N) is 1. The van der Waals surface area contributed by atoms with Crippen LogP contribution in [-0.4, -0.2) is 16.7 Å². The third-order valence-corrected chi connectivity index (χ3v) is 3.09. The van der Waals surface area contributed by atoms with Gasteiger partial charge in [0.2, 0.25) is 11.8 Å². The summed E-state index contributed by atoms with van der Waals surface area (Å²) in [7, 11) is 0. The number of hydrogen-bond donors (Lipinski definition) is 1. The van der Waals surface area contributed by atoms with Crippen molar-refractivity contribution in [2.75, 3.05) is 6.54 Å². The second kappa shape index (κ2) is 7.43. The Hall–Kier alpha value is -0.900. The average molecular weight is 239 g/mol. The van der Waals surface area contributed by atoms with Gasteiger partial charge in [0, 0.05) is 5.92 Å². The molecule has 1 aromatic rings. The first kappa shape index (κ1) is 14.2. The van der Waals surface area contributed by atoms with Crippen LogP contribution in [0, 0.1) is 0 Å². The lowest BCUT2D eigenvalue weighted by Gasteiger charge is -2.09. The summed E-state index contributed by atoms with van der Waals surface area (Å²) in [4.78, 5) is 0. The monoisotopic (exact) mass is 239 g/mol. The molecule has 2 unspecified atom stereocenters. The zero-order valence-corrected chi connectivity index (χ0v) is 11.5. The van der Waals surface area contributed by atoms with E-state index in [9.17, 15) is 0 Å². The number of aromatic nitrogens is 2. The summed E-state index contributed by atoms with van der Waals surface area (Å²) in [5, 5.41) is 11.6. The van der Waals surface area contributed by atoms with Crippen molar-refractivity contribution in [2.45, 2.75) is 65.3 Å². The number of hydrogen-bond acceptors (Lipinski definition) is 4. The van der Waals surface area contributed by atoms with Crippen LogP contribution in [0.25, 0.3) is 0 Å². The van der Waals surface area contributed by atoms with Crippen LogP contribution in [0.3, 0.4) is 0 Å². The summed E-state index contributed by atoms with van der Waals surface area (Å²) < 4.78 is 5.76. The molecule has 98 valence electrons. The van der Waals surface area contributed by atoms with Crippen molar-refractivity contribution in [3.8, 4) is 0 Å². The Morgan fingerprint density at radius 2 is 1.88 bits per heavy atom. The highest BCUT2D eigenvalue weighted by molar-refractivity contribution is 4.93. The van der Waals surface area contributed by atoms with E-state index >= 15 is 0 Å². The number of unbranched alkanes of at least 4 members (excludes halogenated alkanes) is 1. The molecule has 1 aromatic heterocycles. The number of rotatable bonds is 8. The zero-order chi connectivity index (χ0) is 12.7. The van der Waals surface area contributed by atoms with Crippen molar-refractivity contribution in [3.05, 3.63) is 11.8 Å². The van der Waals surface area contributed by atoms with E-state index in [1.165, 1.54) is 12.8 Å². The summed E-state index contributed by atoms with van der Waals surface area (Å²) in [5.41, 5.74) is 0. The van der Waals surface area contributed by atoms with Crippen molar-refractivity contribution < 1.29 is 4.42 Å². The van der Waals surface area contributed by atoms with E-state index < -0.39 is 0 Å². The SMILES string of the molecule is CCCCC(CC)c1nnc(C(C)NCC)o1. The highest BCUT2D eigenvalue weighted by Gasteiger charge is 2.18. The van der Waals surface area contributed by atoms with Crippen LogP contribution in [0.5, 0.6) is 0 Å². The summed E-state index contributed by atoms with van der Waals surface area (Å²) >= 11 is 0. The molecule has 17 heavy (non-hydrogen) atoms. The molecule has 1 heterocycles. The largest absolute Gasteiger partial charge is 0.423 e. The Labute approximate surface area is 104 Å². The maximum absolute atomic E-state index is 5.76. The second-order valence-electron chi connectivity index (χ2n) is 4.51. The van der Waals surface area contributed by atoms with Gasteiger partial charge in [-0.1, -0.05) is 33.6 Å². The van der Waals surface area contributed by atoms with Gasteiger partial charge >= 0.3 is 0 Å². The highest BCUT2D eigenvalue weighted by atomic mass is 16.4. The highest BCUT2D eigenvalue weighted by Crippen LogP contribution is 2.25. The molecule has 0 aliphatic heterocycles. The molecule has 0 fully saturated rings. The van der Waals surface area contributed by atoms with Crippen LogP contribution in [0.15, 0.2) is 4.42 Å². The van der Waals surface area contributed by atoms with E-state index in [0.717, 1.165) is 25.3 Å². The lowest BCUT2D eigenvalue weighted by Crippen LogP contribution is -2.17. The second-order valence-corrected chi connectivity index (χ2v) is 4.51. The molecule has 0 aliphatic rings. The third-order valence-electron chi connectivity index (χ3n) is 3.09. The smallest absolute Gasteiger partial charge is 0.233 e. The molecule has 4 nitrogen and oxygen atoms in total. The first-order valence-corrected chi connectivity index (χ1v) is 6.79. The molecular weight excluding hydrogens is 214 g/mol. The van der Waals surface area contributed by atoms with Gasteiger partial charge in [-0.25, -0.2) is 0 Å². The van der Waals surface area contributed by atoms with Gasteiger partial charge in [-0.3, -0.25) is 0 Å². The minimum Gasteiger partial charge on any atom is -0.423 e. The Kier molecular flexibility index (Phi) is 6.19. The van der Waals surface area contributed by atoms with Gasteiger partial charge in [0.1, 0.15) is 0 Å². The predicted molar refractivity (Wildman–Crippen MR) is 68.9 cm³/mol. The quantitative estimate of drug-likeness (QED) is 0.755. The van der Waals surface area contributed by atoms with Crippen LogP contribution < -0.4 is 5.32 Å². The first-order valence-electron chi connectivity index (χ1n) is 6.79. The van der Waals surface area contributed by atoms with Gasteiger partial charge < -0.3 is 9.73 Å². The van der Waals surface area contributed by atoms with Gasteiger partial charge in [-0.2, -0.15) is 0 Å². The van der Waals surface area contributed by atoms with Crippen LogP contribution >= 0.6 is 0 Å². The normalized spacial score (nSPS) is 14.8. The molecule has 1 N–H and O–H groups in total. The Morgan fingerprint density at radius 3 is 2.47 bits per heavy atom. The van der Waals surface area contributed by atoms with Crippen LogP contribution in [0.4, 0.5) is 0 Å². The number of nitrogens with zero attached hydrogens (tertiary/aromatic N) is 2. The van der Waals surface area contributed by atoms with Crippen molar-refractivity contribution in [2.24, 2.45) is 0 Å². The molecule has 0 spiro atoms. The van der Waals surface area contributed by atoms with Gasteiger partial charge in [0.25, 0.3) is 0 Å². The van der Waals surface area contributed by atoms with E-state index in [1.54, 1.807) is 0 Å². The third kappa shape index (κ3) is 4.11. The van der Waals surface area contributed by atoms with Crippen LogP contribution in [0.2, 0.25) is 0 Å². The van der Waals surface area contributed by atoms with E-state index in [4.69, 9.17) is 4.42 Å². The van der Waals surface area contributed by atoms with E-state index in [2.05, 4.69) is 36.3 Å². The summed E-state index contributed by atoms with van der Waals surface area (Å²) in [5.74, 6) is 1.93. The molecule has 0 radical (unpaired) electrons. The fourth-order valence-electron chi connectivity index (χ4n) is 1.93. The topological polar surface area (TPSA) is 51.0 Å². The lowest BCUT2D eigenvalue weighted by atomic mass is 10.00.